The third-order valence-electron chi connectivity index (χ3n) is 2.26. The molecule has 0 spiro atoms. The number of halogens is 2. The quantitative estimate of drug-likeness (QED) is 0.625. The fourth-order valence-corrected chi connectivity index (χ4v) is 1.47. The van der Waals surface area contributed by atoms with Crippen molar-refractivity contribution in [3.63, 3.8) is 0 Å². The number of rotatable bonds is 6. The summed E-state index contributed by atoms with van der Waals surface area (Å²) in [5.41, 5.74) is 2.27. The predicted octanol–water partition coefficient (Wildman–Crippen LogP) is 2.53. The number of benzene rings is 1. The lowest BCUT2D eigenvalue weighted by molar-refractivity contribution is 0.285. The normalized spacial score (nSPS) is 10.3. The largest absolute Gasteiger partial charge is 0.463 e. The molecule has 0 fully saturated rings. The third kappa shape index (κ3) is 4.14. The van der Waals surface area contributed by atoms with E-state index >= 15 is 0 Å². The zero-order valence-corrected chi connectivity index (χ0v) is 11.9. The number of nitrogens with zero attached hydrogens (tertiary/aromatic N) is 3. The van der Waals surface area contributed by atoms with Crippen molar-refractivity contribution < 1.29 is 13.9 Å². The molecular weight excluding hydrogens is 301 g/mol. The molecule has 1 aromatic carbocycles. The number of aromatic nitrogens is 3. The number of hydrogen-bond acceptors (Lipinski definition) is 7. The zero-order chi connectivity index (χ0) is 15.2. The standard InChI is InChI=1S/C12H13ClFN5O2/c1-2-5-20-11-16-10(19-15)17-12(18-11)21-7-3-4-8(13)9(14)6-7/h3-4,6H,2,5,15H2,1H3,(H,16,17,18,19). The maximum absolute atomic E-state index is 13.4. The average Bonchev–Trinajstić information content (AvgIpc) is 2.48. The van der Waals surface area contributed by atoms with Crippen LogP contribution in [0.2, 0.25) is 5.02 Å². The lowest BCUT2D eigenvalue weighted by atomic mass is 10.3. The van der Waals surface area contributed by atoms with Crippen molar-refractivity contribution in [3.05, 3.63) is 29.0 Å². The molecule has 2 rings (SSSR count). The van der Waals surface area contributed by atoms with Crippen molar-refractivity contribution in [2.24, 2.45) is 5.84 Å². The molecule has 1 aromatic heterocycles. The number of ether oxygens (including phenoxy) is 2. The maximum atomic E-state index is 13.4. The summed E-state index contributed by atoms with van der Waals surface area (Å²) in [4.78, 5) is 11.7. The molecule has 9 heteroatoms. The van der Waals surface area contributed by atoms with E-state index in [2.05, 4.69) is 20.4 Å². The molecule has 0 unspecified atom stereocenters. The minimum atomic E-state index is -0.608. The highest BCUT2D eigenvalue weighted by Gasteiger charge is 2.10. The summed E-state index contributed by atoms with van der Waals surface area (Å²) in [6.45, 7) is 2.38. The van der Waals surface area contributed by atoms with E-state index in [9.17, 15) is 4.39 Å². The molecule has 0 bridgehead atoms. The Hall–Kier alpha value is -2.19. The minimum absolute atomic E-state index is 0.00530. The molecule has 0 saturated carbocycles. The zero-order valence-electron chi connectivity index (χ0n) is 11.1. The molecule has 112 valence electrons. The van der Waals surface area contributed by atoms with Gasteiger partial charge in [0.25, 0.3) is 0 Å². The Morgan fingerprint density at radius 3 is 2.71 bits per heavy atom. The summed E-state index contributed by atoms with van der Waals surface area (Å²) in [5, 5.41) is -0.00530. The Labute approximate surface area is 125 Å². The first-order valence-corrected chi connectivity index (χ1v) is 6.48. The molecule has 0 aliphatic heterocycles. The van der Waals surface area contributed by atoms with Crippen LogP contribution in [-0.4, -0.2) is 21.6 Å². The van der Waals surface area contributed by atoms with E-state index in [0.29, 0.717) is 6.61 Å². The number of nitrogens with two attached hydrogens (primary N) is 1. The van der Waals surface area contributed by atoms with Gasteiger partial charge < -0.3 is 9.47 Å². The lowest BCUT2D eigenvalue weighted by Gasteiger charge is -2.08. The van der Waals surface area contributed by atoms with E-state index in [1.54, 1.807) is 0 Å². The van der Waals surface area contributed by atoms with Gasteiger partial charge in [-0.2, -0.15) is 9.97 Å². The van der Waals surface area contributed by atoms with E-state index in [4.69, 9.17) is 26.9 Å². The van der Waals surface area contributed by atoms with Crippen molar-refractivity contribution in [1.82, 2.24) is 15.0 Å². The molecule has 0 atom stereocenters. The fraction of sp³-hybridized carbons (Fsp3) is 0.250. The molecule has 1 heterocycles. The van der Waals surface area contributed by atoms with Crippen LogP contribution in [-0.2, 0) is 0 Å². The average molecular weight is 314 g/mol. The minimum Gasteiger partial charge on any atom is -0.463 e. The van der Waals surface area contributed by atoms with Crippen molar-refractivity contribution in [3.8, 4) is 17.8 Å². The van der Waals surface area contributed by atoms with Gasteiger partial charge in [-0.25, -0.2) is 10.2 Å². The van der Waals surface area contributed by atoms with Crippen LogP contribution in [0.3, 0.4) is 0 Å². The predicted molar refractivity (Wildman–Crippen MR) is 74.9 cm³/mol. The Kier molecular flexibility index (Phi) is 5.07. The van der Waals surface area contributed by atoms with Gasteiger partial charge in [-0.15, -0.1) is 4.98 Å². The molecular formula is C12H13ClFN5O2. The molecule has 0 radical (unpaired) electrons. The van der Waals surface area contributed by atoms with Crippen molar-refractivity contribution in [2.75, 3.05) is 12.0 Å². The lowest BCUT2D eigenvalue weighted by Crippen LogP contribution is -2.13. The van der Waals surface area contributed by atoms with Gasteiger partial charge in [-0.05, 0) is 18.6 Å². The molecule has 0 amide bonds. The molecule has 3 N–H and O–H groups in total. The van der Waals surface area contributed by atoms with Gasteiger partial charge >= 0.3 is 12.0 Å². The van der Waals surface area contributed by atoms with E-state index in [1.165, 1.54) is 12.1 Å². The Balaban J connectivity index is 2.23. The first-order valence-electron chi connectivity index (χ1n) is 6.10. The number of nitrogens with one attached hydrogen (secondary N) is 1. The second kappa shape index (κ2) is 7.00. The summed E-state index contributed by atoms with van der Waals surface area (Å²) in [6.07, 6.45) is 0.787. The highest BCUT2D eigenvalue weighted by Crippen LogP contribution is 2.24. The second-order valence-electron chi connectivity index (χ2n) is 3.89. The summed E-state index contributed by atoms with van der Waals surface area (Å²) in [5.74, 6) is 4.91. The Morgan fingerprint density at radius 2 is 2.05 bits per heavy atom. The van der Waals surface area contributed by atoms with Crippen molar-refractivity contribution in [1.29, 1.82) is 0 Å². The summed E-state index contributed by atoms with van der Waals surface area (Å²) >= 11 is 5.60. The monoisotopic (exact) mass is 313 g/mol. The molecule has 0 aliphatic carbocycles. The number of hydrogen-bond donors (Lipinski definition) is 2. The van der Waals surface area contributed by atoms with Crippen LogP contribution in [0.1, 0.15) is 13.3 Å². The number of hydrazine groups is 1. The van der Waals surface area contributed by atoms with E-state index in [0.717, 1.165) is 12.5 Å². The van der Waals surface area contributed by atoms with Crippen LogP contribution in [0, 0.1) is 5.82 Å². The molecule has 0 saturated heterocycles. The summed E-state index contributed by atoms with van der Waals surface area (Å²) < 4.78 is 24.0. The molecule has 21 heavy (non-hydrogen) atoms. The van der Waals surface area contributed by atoms with Crippen LogP contribution < -0.4 is 20.7 Å². The van der Waals surface area contributed by atoms with Gasteiger partial charge in [0.15, 0.2) is 0 Å². The summed E-state index contributed by atoms with van der Waals surface area (Å²) in [6, 6.07) is 3.95. The van der Waals surface area contributed by atoms with Gasteiger partial charge in [0.05, 0.1) is 11.6 Å². The Bertz CT molecular complexity index is 629. The van der Waals surface area contributed by atoms with Crippen LogP contribution >= 0.6 is 11.6 Å². The van der Waals surface area contributed by atoms with E-state index < -0.39 is 5.82 Å². The smallest absolute Gasteiger partial charge is 0.330 e. The topological polar surface area (TPSA) is 95.2 Å². The SMILES string of the molecule is CCCOc1nc(NN)nc(Oc2ccc(Cl)c(F)c2)n1. The summed E-state index contributed by atoms with van der Waals surface area (Å²) in [7, 11) is 0. The highest BCUT2D eigenvalue weighted by molar-refractivity contribution is 6.30. The Morgan fingerprint density at radius 1 is 1.29 bits per heavy atom. The fourth-order valence-electron chi connectivity index (χ4n) is 1.35. The van der Waals surface area contributed by atoms with E-state index in [1.807, 2.05) is 6.92 Å². The first-order chi connectivity index (χ1) is 10.1. The van der Waals surface area contributed by atoms with Gasteiger partial charge in [0, 0.05) is 6.07 Å². The van der Waals surface area contributed by atoms with Crippen molar-refractivity contribution in [2.45, 2.75) is 13.3 Å². The second-order valence-corrected chi connectivity index (χ2v) is 4.30. The highest BCUT2D eigenvalue weighted by atomic mass is 35.5. The van der Waals surface area contributed by atoms with Crippen LogP contribution in [0.15, 0.2) is 18.2 Å². The molecule has 0 aliphatic rings. The third-order valence-corrected chi connectivity index (χ3v) is 2.57. The molecule has 2 aromatic rings. The maximum Gasteiger partial charge on any atom is 0.330 e. The van der Waals surface area contributed by atoms with Crippen LogP contribution in [0.5, 0.6) is 17.8 Å². The van der Waals surface area contributed by atoms with Gasteiger partial charge in [-0.1, -0.05) is 18.5 Å². The number of anilines is 1. The molecule has 7 nitrogen and oxygen atoms in total. The van der Waals surface area contributed by atoms with Crippen LogP contribution in [0.25, 0.3) is 0 Å². The number of nitrogen functional groups attached to an aromatic ring is 1. The van der Waals surface area contributed by atoms with Gasteiger partial charge in [-0.3, -0.25) is 5.43 Å². The van der Waals surface area contributed by atoms with E-state index in [-0.39, 0.29) is 28.7 Å². The van der Waals surface area contributed by atoms with Crippen molar-refractivity contribution >= 4 is 17.5 Å². The van der Waals surface area contributed by atoms with Gasteiger partial charge in [0.2, 0.25) is 5.95 Å². The van der Waals surface area contributed by atoms with Crippen LogP contribution in [0.4, 0.5) is 10.3 Å². The first kappa shape index (κ1) is 15.2. The van der Waals surface area contributed by atoms with Gasteiger partial charge in [0.1, 0.15) is 11.6 Å².